The Bertz CT molecular complexity index is 1760. The molecule has 0 aliphatic carbocycles. The Morgan fingerprint density at radius 2 is 1.62 bits per heavy atom. The maximum atomic E-state index is 14.7. The minimum atomic E-state index is -3.79. The molecule has 1 aliphatic rings. The van der Waals surface area contributed by atoms with Crippen molar-refractivity contribution in [3.63, 3.8) is 0 Å². The molecule has 2 atom stereocenters. The van der Waals surface area contributed by atoms with Crippen molar-refractivity contribution in [2.24, 2.45) is 5.73 Å². The standard InChI is InChI=1S/C33H40N4O9S/c1-19(2)47(41,42)29-12-10-22(36-33(40)46-6)18-25(29)26-8-7-13-37(26)32(39)30(20-9-11-27(44-4)28(16-20)45-5)35-23-14-21(31(34)38)15-24(17-23)43-3/h9-12,14-19,26,30,35H,7-8,13H2,1-6H3,(H2,34,38)(H,36,40)/t26-,30-/m1/s1. The van der Waals surface area contributed by atoms with Crippen molar-refractivity contribution >= 4 is 39.1 Å². The number of anilines is 2. The molecule has 14 heteroatoms. The number of hydrogen-bond acceptors (Lipinski definition) is 10. The second-order valence-electron chi connectivity index (χ2n) is 11.2. The molecule has 0 saturated carbocycles. The van der Waals surface area contributed by atoms with E-state index in [1.54, 1.807) is 49.1 Å². The zero-order chi connectivity index (χ0) is 34.5. The van der Waals surface area contributed by atoms with Crippen molar-refractivity contribution in [3.8, 4) is 17.2 Å². The van der Waals surface area contributed by atoms with Gasteiger partial charge in [0.2, 0.25) is 11.8 Å². The lowest BCUT2D eigenvalue weighted by Gasteiger charge is -2.32. The molecule has 4 rings (SSSR count). The number of carbonyl (C=O) groups is 3. The highest BCUT2D eigenvalue weighted by atomic mass is 32.2. The second kappa shape index (κ2) is 14.6. The molecular formula is C33H40N4O9S. The van der Waals surface area contributed by atoms with E-state index in [-0.39, 0.29) is 16.4 Å². The lowest BCUT2D eigenvalue weighted by atomic mass is 10.00. The van der Waals surface area contributed by atoms with Gasteiger partial charge >= 0.3 is 6.09 Å². The number of primary amides is 1. The number of amides is 3. The number of benzene rings is 3. The van der Waals surface area contributed by atoms with Gasteiger partial charge in [0.05, 0.1) is 44.6 Å². The lowest BCUT2D eigenvalue weighted by molar-refractivity contribution is -0.133. The van der Waals surface area contributed by atoms with Crippen LogP contribution >= 0.6 is 0 Å². The third kappa shape index (κ3) is 7.54. The molecular weight excluding hydrogens is 628 g/mol. The molecule has 3 amide bonds. The molecule has 0 bridgehead atoms. The molecule has 0 spiro atoms. The third-order valence-electron chi connectivity index (χ3n) is 7.99. The highest BCUT2D eigenvalue weighted by molar-refractivity contribution is 7.92. The average Bonchev–Trinajstić information content (AvgIpc) is 3.56. The van der Waals surface area contributed by atoms with Gasteiger partial charge < -0.3 is 34.9 Å². The van der Waals surface area contributed by atoms with Crippen LogP contribution in [0, 0.1) is 0 Å². The van der Waals surface area contributed by atoms with E-state index in [0.29, 0.717) is 59.1 Å². The van der Waals surface area contributed by atoms with Crippen LogP contribution in [0.1, 0.15) is 60.3 Å². The molecule has 1 saturated heterocycles. The topological polar surface area (TPSA) is 176 Å². The minimum absolute atomic E-state index is 0.0714. The summed E-state index contributed by atoms with van der Waals surface area (Å²) >= 11 is 0. The molecule has 4 N–H and O–H groups in total. The van der Waals surface area contributed by atoms with Crippen LogP contribution in [0.15, 0.2) is 59.5 Å². The highest BCUT2D eigenvalue weighted by Crippen LogP contribution is 2.41. The number of nitrogens with one attached hydrogen (secondary N) is 2. The predicted octanol–water partition coefficient (Wildman–Crippen LogP) is 4.69. The van der Waals surface area contributed by atoms with E-state index < -0.39 is 39.2 Å². The Hall–Kier alpha value is -4.98. The summed E-state index contributed by atoms with van der Waals surface area (Å²) in [7, 11) is 1.86. The largest absolute Gasteiger partial charge is 0.497 e. The summed E-state index contributed by atoms with van der Waals surface area (Å²) in [4.78, 5) is 40.5. The van der Waals surface area contributed by atoms with Crippen molar-refractivity contribution < 1.29 is 41.7 Å². The van der Waals surface area contributed by atoms with Crippen LogP contribution < -0.4 is 30.6 Å². The quantitative estimate of drug-likeness (QED) is 0.246. The van der Waals surface area contributed by atoms with Gasteiger partial charge in [-0.2, -0.15) is 0 Å². The first-order chi connectivity index (χ1) is 22.3. The smallest absolute Gasteiger partial charge is 0.411 e. The number of sulfone groups is 1. The molecule has 3 aromatic rings. The van der Waals surface area contributed by atoms with Crippen molar-refractivity contribution in [1.82, 2.24) is 4.90 Å². The Labute approximate surface area is 274 Å². The van der Waals surface area contributed by atoms with Gasteiger partial charge in [0.25, 0.3) is 0 Å². The van der Waals surface area contributed by atoms with Crippen LogP contribution in [-0.2, 0) is 19.4 Å². The monoisotopic (exact) mass is 668 g/mol. The van der Waals surface area contributed by atoms with Gasteiger partial charge in [0.15, 0.2) is 21.3 Å². The maximum absolute atomic E-state index is 14.7. The number of nitrogens with two attached hydrogens (primary N) is 1. The third-order valence-corrected chi connectivity index (χ3v) is 10.2. The Morgan fingerprint density at radius 3 is 2.23 bits per heavy atom. The van der Waals surface area contributed by atoms with Gasteiger partial charge in [-0.1, -0.05) is 6.07 Å². The molecule has 1 fully saturated rings. The number of methoxy groups -OCH3 is 4. The summed E-state index contributed by atoms with van der Waals surface area (Å²) in [5.41, 5.74) is 7.33. The minimum Gasteiger partial charge on any atom is -0.497 e. The van der Waals surface area contributed by atoms with E-state index in [2.05, 4.69) is 10.6 Å². The van der Waals surface area contributed by atoms with Crippen molar-refractivity contribution in [3.05, 3.63) is 71.3 Å². The highest BCUT2D eigenvalue weighted by Gasteiger charge is 2.38. The zero-order valence-electron chi connectivity index (χ0n) is 27.2. The van der Waals surface area contributed by atoms with E-state index in [0.717, 1.165) is 0 Å². The van der Waals surface area contributed by atoms with E-state index in [1.807, 2.05) is 0 Å². The molecule has 47 heavy (non-hydrogen) atoms. The molecule has 0 radical (unpaired) electrons. The Morgan fingerprint density at radius 1 is 0.894 bits per heavy atom. The molecule has 13 nitrogen and oxygen atoms in total. The normalized spacial score (nSPS) is 15.1. The zero-order valence-corrected chi connectivity index (χ0v) is 28.0. The SMILES string of the molecule is COC(=O)Nc1ccc(S(=O)(=O)C(C)C)c([C@H]2CCCN2C(=O)[C@H](Nc2cc(OC)cc(C(N)=O)c2)c2ccc(OC)c(OC)c2)c1. The summed E-state index contributed by atoms with van der Waals surface area (Å²) in [5, 5.41) is 5.10. The number of nitrogens with zero attached hydrogens (tertiary/aromatic N) is 1. The first-order valence-corrected chi connectivity index (χ1v) is 16.4. The van der Waals surface area contributed by atoms with Crippen molar-refractivity contribution in [1.29, 1.82) is 0 Å². The predicted molar refractivity (Wildman–Crippen MR) is 176 cm³/mol. The summed E-state index contributed by atoms with van der Waals surface area (Å²) in [6.07, 6.45) is 0.342. The average molecular weight is 669 g/mol. The number of ether oxygens (including phenoxy) is 4. The molecule has 0 aromatic heterocycles. The fourth-order valence-corrected chi connectivity index (χ4v) is 6.81. The fraction of sp³-hybridized carbons (Fsp3) is 0.364. The molecule has 3 aromatic carbocycles. The van der Waals surface area contributed by atoms with Crippen LogP contribution in [0.5, 0.6) is 17.2 Å². The number of likely N-dealkylation sites (tertiary alicyclic amines) is 1. The van der Waals surface area contributed by atoms with E-state index in [4.69, 9.17) is 24.7 Å². The van der Waals surface area contributed by atoms with E-state index >= 15 is 0 Å². The number of carbonyl (C=O) groups excluding carboxylic acids is 3. The molecule has 1 heterocycles. The first-order valence-electron chi connectivity index (χ1n) is 14.8. The van der Waals surface area contributed by atoms with Crippen LogP contribution in [0.3, 0.4) is 0 Å². The summed E-state index contributed by atoms with van der Waals surface area (Å²) < 4.78 is 48.1. The van der Waals surface area contributed by atoms with E-state index in [9.17, 15) is 22.8 Å². The van der Waals surface area contributed by atoms with Gasteiger partial charge in [0.1, 0.15) is 11.8 Å². The van der Waals surface area contributed by atoms with Gasteiger partial charge in [-0.25, -0.2) is 13.2 Å². The maximum Gasteiger partial charge on any atom is 0.411 e. The molecule has 0 unspecified atom stereocenters. The molecule has 252 valence electrons. The summed E-state index contributed by atoms with van der Waals surface area (Å²) in [5.74, 6) is 0.136. The van der Waals surface area contributed by atoms with Crippen LogP contribution in [0.25, 0.3) is 0 Å². The first kappa shape index (κ1) is 34.9. The van der Waals surface area contributed by atoms with Gasteiger partial charge in [-0.15, -0.1) is 0 Å². The van der Waals surface area contributed by atoms with Gasteiger partial charge in [-0.05, 0) is 80.3 Å². The lowest BCUT2D eigenvalue weighted by Crippen LogP contribution is -2.38. The van der Waals surface area contributed by atoms with Crippen LogP contribution in [-0.4, -0.2) is 71.5 Å². The van der Waals surface area contributed by atoms with Crippen LogP contribution in [0.4, 0.5) is 16.2 Å². The van der Waals surface area contributed by atoms with Crippen molar-refractivity contribution in [2.75, 3.05) is 45.6 Å². The fourth-order valence-electron chi connectivity index (χ4n) is 5.52. The Kier molecular flexibility index (Phi) is 10.9. The van der Waals surface area contributed by atoms with Crippen LogP contribution in [0.2, 0.25) is 0 Å². The summed E-state index contributed by atoms with van der Waals surface area (Å²) in [6, 6.07) is 12.5. The van der Waals surface area contributed by atoms with Crippen molar-refractivity contribution in [2.45, 2.75) is 48.9 Å². The number of rotatable bonds is 12. The number of hydrogen-bond donors (Lipinski definition) is 3. The molecule has 1 aliphatic heterocycles. The second-order valence-corrected chi connectivity index (χ2v) is 13.6. The Balaban J connectivity index is 1.85. The summed E-state index contributed by atoms with van der Waals surface area (Å²) in [6.45, 7) is 3.50. The van der Waals surface area contributed by atoms with Gasteiger partial charge in [0, 0.05) is 29.5 Å². The van der Waals surface area contributed by atoms with E-state index in [1.165, 1.54) is 52.7 Å². The van der Waals surface area contributed by atoms with Gasteiger partial charge in [-0.3, -0.25) is 14.9 Å².